The van der Waals surface area contributed by atoms with Crippen molar-refractivity contribution in [2.24, 2.45) is 0 Å². The molecule has 1 aliphatic rings. The molecule has 0 saturated heterocycles. The van der Waals surface area contributed by atoms with E-state index in [2.05, 4.69) is 0 Å². The van der Waals surface area contributed by atoms with Gasteiger partial charge < -0.3 is 0 Å². The molecule has 1 unspecified atom stereocenters. The summed E-state index contributed by atoms with van der Waals surface area (Å²) in [7, 11) is 0. The first-order valence-corrected chi connectivity index (χ1v) is 2.58. The quantitative estimate of drug-likeness (QED) is 0.434. The van der Waals surface area contributed by atoms with E-state index >= 15 is 0 Å². The van der Waals surface area contributed by atoms with Crippen LogP contribution in [0.15, 0.2) is 12.2 Å². The second-order valence-electron chi connectivity index (χ2n) is 1.55. The summed E-state index contributed by atoms with van der Waals surface area (Å²) < 4.78 is 0. The molecule has 0 aromatic heterocycles. The molecule has 0 N–H and O–H groups in total. The summed E-state index contributed by atoms with van der Waals surface area (Å²) in [6.07, 6.45) is 3.73. The first kappa shape index (κ1) is 4.85. The van der Waals surface area contributed by atoms with Crippen LogP contribution in [0.25, 0.3) is 0 Å². The normalized spacial score (nSPS) is 29.3. The van der Waals surface area contributed by atoms with Crippen LogP contribution in [0.5, 0.6) is 0 Å². The number of halogens is 1. The van der Waals surface area contributed by atoms with Crippen molar-refractivity contribution in [3.63, 3.8) is 0 Å². The zero-order chi connectivity index (χ0) is 5.28. The average Bonchev–Trinajstić information content (AvgIpc) is 1.87. The lowest BCUT2D eigenvalue weighted by Gasteiger charge is -1.85. The van der Waals surface area contributed by atoms with Gasteiger partial charge in [-0.25, -0.2) is 0 Å². The molecular weight excluding hydrogens is 112 g/mol. The summed E-state index contributed by atoms with van der Waals surface area (Å²) in [4.78, 5) is 10.3. The van der Waals surface area contributed by atoms with E-state index in [0.29, 0.717) is 6.42 Å². The van der Waals surface area contributed by atoms with Crippen LogP contribution < -0.4 is 0 Å². The maximum Gasteiger partial charge on any atom is 0.157 e. The Balaban J connectivity index is 2.58. The molecular formula is C5H5ClO. The average molecular weight is 117 g/mol. The zero-order valence-electron chi connectivity index (χ0n) is 3.73. The Kier molecular flexibility index (Phi) is 1.15. The fourth-order valence-corrected chi connectivity index (χ4v) is 0.765. The Morgan fingerprint density at radius 3 is 2.71 bits per heavy atom. The Hall–Kier alpha value is -0.300. The molecule has 0 aromatic rings. The van der Waals surface area contributed by atoms with Gasteiger partial charge in [-0.3, -0.25) is 4.79 Å². The summed E-state index contributed by atoms with van der Waals surface area (Å²) in [6, 6.07) is 0. The molecule has 0 bridgehead atoms. The molecule has 1 aliphatic carbocycles. The molecule has 0 spiro atoms. The Morgan fingerprint density at radius 1 is 1.86 bits per heavy atom. The minimum Gasteiger partial charge on any atom is -0.295 e. The zero-order valence-corrected chi connectivity index (χ0v) is 4.48. The highest BCUT2D eigenvalue weighted by atomic mass is 35.5. The van der Waals surface area contributed by atoms with Gasteiger partial charge in [-0.05, 0) is 6.08 Å². The fraction of sp³-hybridized carbons (Fsp3) is 0.400. The molecule has 1 atom stereocenters. The number of ketones is 1. The van der Waals surface area contributed by atoms with Crippen LogP contribution in [0.2, 0.25) is 0 Å². The number of rotatable bonds is 0. The number of alkyl halides is 1. The molecule has 0 aliphatic heterocycles. The first-order valence-electron chi connectivity index (χ1n) is 2.14. The van der Waals surface area contributed by atoms with Crippen molar-refractivity contribution < 1.29 is 4.79 Å². The minimum absolute atomic E-state index is 0.0347. The van der Waals surface area contributed by atoms with Crippen molar-refractivity contribution in [3.05, 3.63) is 12.2 Å². The summed E-state index contributed by atoms with van der Waals surface area (Å²) in [5.41, 5.74) is 0. The number of carbonyl (C=O) groups excluding carboxylic acids is 1. The van der Waals surface area contributed by atoms with Crippen LogP contribution in [-0.2, 0) is 4.79 Å². The molecule has 0 saturated carbocycles. The standard InChI is InChI=1S/C5H5ClO/c6-4-1-2-5(7)3-4/h1-2,4H,3H2. The van der Waals surface area contributed by atoms with E-state index in [1.165, 1.54) is 6.08 Å². The predicted octanol–water partition coefficient (Wildman–Crippen LogP) is 1.12. The number of hydrogen-bond acceptors (Lipinski definition) is 1. The summed E-state index contributed by atoms with van der Waals surface area (Å²) in [5.74, 6) is 0.139. The Bertz CT molecular complexity index is 117. The molecule has 0 amide bonds. The lowest BCUT2D eigenvalue weighted by molar-refractivity contribution is -0.113. The van der Waals surface area contributed by atoms with Crippen LogP contribution >= 0.6 is 11.6 Å². The van der Waals surface area contributed by atoms with E-state index in [9.17, 15) is 4.79 Å². The first-order chi connectivity index (χ1) is 3.29. The maximum atomic E-state index is 10.3. The van der Waals surface area contributed by atoms with Gasteiger partial charge in [-0.1, -0.05) is 6.08 Å². The molecule has 0 aromatic carbocycles. The van der Waals surface area contributed by atoms with E-state index in [-0.39, 0.29) is 11.2 Å². The van der Waals surface area contributed by atoms with Gasteiger partial charge in [0.2, 0.25) is 0 Å². The lowest BCUT2D eigenvalue weighted by Crippen LogP contribution is -1.91. The topological polar surface area (TPSA) is 17.1 Å². The van der Waals surface area contributed by atoms with Crippen LogP contribution in [0.3, 0.4) is 0 Å². The third-order valence-corrected chi connectivity index (χ3v) is 1.19. The van der Waals surface area contributed by atoms with Gasteiger partial charge in [0.1, 0.15) is 0 Å². The van der Waals surface area contributed by atoms with Gasteiger partial charge in [0.15, 0.2) is 5.78 Å². The third kappa shape index (κ3) is 1.03. The lowest BCUT2D eigenvalue weighted by atomic mass is 10.3. The van der Waals surface area contributed by atoms with Gasteiger partial charge in [-0.2, -0.15) is 0 Å². The monoisotopic (exact) mass is 116 g/mol. The van der Waals surface area contributed by atoms with Crippen LogP contribution in [0.1, 0.15) is 6.42 Å². The van der Waals surface area contributed by atoms with Crippen molar-refractivity contribution in [2.45, 2.75) is 11.8 Å². The summed E-state index contributed by atoms with van der Waals surface area (Å²) >= 11 is 5.50. The van der Waals surface area contributed by atoms with Gasteiger partial charge in [-0.15, -0.1) is 11.6 Å². The Labute approximate surface area is 47.0 Å². The van der Waals surface area contributed by atoms with Crippen molar-refractivity contribution >= 4 is 17.4 Å². The highest BCUT2D eigenvalue weighted by molar-refractivity contribution is 6.24. The highest BCUT2D eigenvalue weighted by Gasteiger charge is 2.11. The van der Waals surface area contributed by atoms with Crippen molar-refractivity contribution in [1.82, 2.24) is 0 Å². The van der Waals surface area contributed by atoms with Gasteiger partial charge >= 0.3 is 0 Å². The molecule has 0 radical (unpaired) electrons. The van der Waals surface area contributed by atoms with Crippen molar-refractivity contribution in [1.29, 1.82) is 0 Å². The van der Waals surface area contributed by atoms with E-state index in [0.717, 1.165) is 0 Å². The largest absolute Gasteiger partial charge is 0.295 e. The fourth-order valence-electron chi connectivity index (χ4n) is 0.540. The summed E-state index contributed by atoms with van der Waals surface area (Å²) in [5, 5.41) is -0.0347. The van der Waals surface area contributed by atoms with Crippen molar-refractivity contribution in [3.8, 4) is 0 Å². The second kappa shape index (κ2) is 1.66. The smallest absolute Gasteiger partial charge is 0.157 e. The molecule has 7 heavy (non-hydrogen) atoms. The summed E-state index contributed by atoms with van der Waals surface area (Å²) in [6.45, 7) is 0. The SMILES string of the molecule is O=C1C=CC(Cl)C1. The highest BCUT2D eigenvalue weighted by Crippen LogP contribution is 2.11. The van der Waals surface area contributed by atoms with Crippen LogP contribution in [0.4, 0.5) is 0 Å². The maximum absolute atomic E-state index is 10.3. The molecule has 0 fully saturated rings. The second-order valence-corrected chi connectivity index (χ2v) is 2.11. The molecule has 2 heteroatoms. The molecule has 38 valence electrons. The van der Waals surface area contributed by atoms with Gasteiger partial charge in [0.25, 0.3) is 0 Å². The predicted molar refractivity (Wildman–Crippen MR) is 28.4 cm³/mol. The molecule has 0 heterocycles. The van der Waals surface area contributed by atoms with E-state index in [4.69, 9.17) is 11.6 Å². The van der Waals surface area contributed by atoms with Crippen LogP contribution in [0, 0.1) is 0 Å². The molecule has 1 nitrogen and oxygen atoms in total. The Morgan fingerprint density at radius 2 is 2.57 bits per heavy atom. The number of hydrogen-bond donors (Lipinski definition) is 0. The van der Waals surface area contributed by atoms with E-state index in [1.54, 1.807) is 6.08 Å². The number of allylic oxidation sites excluding steroid dienone is 2. The van der Waals surface area contributed by atoms with Crippen molar-refractivity contribution in [2.75, 3.05) is 0 Å². The van der Waals surface area contributed by atoms with Gasteiger partial charge in [0.05, 0.1) is 5.38 Å². The van der Waals surface area contributed by atoms with Gasteiger partial charge in [0, 0.05) is 6.42 Å². The minimum atomic E-state index is -0.0347. The van der Waals surface area contributed by atoms with E-state index in [1.807, 2.05) is 0 Å². The molecule has 1 rings (SSSR count). The third-order valence-electron chi connectivity index (χ3n) is 0.887. The number of carbonyl (C=O) groups is 1. The van der Waals surface area contributed by atoms with Crippen LogP contribution in [-0.4, -0.2) is 11.2 Å². The van der Waals surface area contributed by atoms with E-state index < -0.39 is 0 Å².